The molecule has 0 aromatic heterocycles. The summed E-state index contributed by atoms with van der Waals surface area (Å²) in [5, 5.41) is 0. The Hall–Kier alpha value is -1.56. The van der Waals surface area contributed by atoms with Gasteiger partial charge in [-0.15, -0.1) is 0 Å². The average molecular weight is 224 g/mol. The molecule has 0 spiro atoms. The molecule has 0 saturated heterocycles. The fourth-order valence-electron chi connectivity index (χ4n) is 2.32. The lowest BCUT2D eigenvalue weighted by Crippen LogP contribution is -1.96. The van der Waals surface area contributed by atoms with Crippen LogP contribution in [0.15, 0.2) is 48.1 Å². The minimum atomic E-state index is 1.05. The van der Waals surface area contributed by atoms with Crippen LogP contribution in [0.25, 0.3) is 6.08 Å². The standard InChI is InChI=1S/C17H20/c1-3-8-17-14(2)9-7-12-16(17)13-15-10-5-4-6-11-15/h3,5,7-12H,4,6,13H2,1-2H3/b8-3-. The zero-order valence-corrected chi connectivity index (χ0v) is 10.7. The number of hydrogen-bond donors (Lipinski definition) is 0. The van der Waals surface area contributed by atoms with Crippen molar-refractivity contribution in [1.82, 2.24) is 0 Å². The van der Waals surface area contributed by atoms with E-state index in [2.05, 4.69) is 62.4 Å². The van der Waals surface area contributed by atoms with Crippen molar-refractivity contribution in [2.75, 3.05) is 0 Å². The molecule has 1 aliphatic carbocycles. The highest BCUT2D eigenvalue weighted by Crippen LogP contribution is 2.21. The van der Waals surface area contributed by atoms with Crippen LogP contribution in [0.4, 0.5) is 0 Å². The molecule has 0 N–H and O–H groups in total. The van der Waals surface area contributed by atoms with Crippen LogP contribution >= 0.6 is 0 Å². The molecule has 2 rings (SSSR count). The van der Waals surface area contributed by atoms with E-state index in [0.29, 0.717) is 0 Å². The first kappa shape index (κ1) is 11.9. The molecule has 0 heterocycles. The number of benzene rings is 1. The number of rotatable bonds is 3. The summed E-state index contributed by atoms with van der Waals surface area (Å²) < 4.78 is 0. The largest absolute Gasteiger partial charge is 0.0870 e. The molecule has 0 atom stereocenters. The Balaban J connectivity index is 2.29. The molecule has 0 saturated carbocycles. The summed E-state index contributed by atoms with van der Waals surface area (Å²) in [6, 6.07) is 6.58. The monoisotopic (exact) mass is 224 g/mol. The maximum atomic E-state index is 2.36. The maximum Gasteiger partial charge on any atom is -0.00230 e. The van der Waals surface area contributed by atoms with Crippen LogP contribution in [-0.4, -0.2) is 0 Å². The van der Waals surface area contributed by atoms with Crippen molar-refractivity contribution < 1.29 is 0 Å². The van der Waals surface area contributed by atoms with E-state index in [1.807, 2.05) is 0 Å². The van der Waals surface area contributed by atoms with Crippen LogP contribution in [-0.2, 0) is 6.42 Å². The summed E-state index contributed by atoms with van der Waals surface area (Å²) in [5.74, 6) is 0. The van der Waals surface area contributed by atoms with Gasteiger partial charge >= 0.3 is 0 Å². The third-order valence-corrected chi connectivity index (χ3v) is 3.21. The Labute approximate surface area is 104 Å². The first-order chi connectivity index (χ1) is 8.31. The molecule has 17 heavy (non-hydrogen) atoms. The second kappa shape index (κ2) is 5.67. The minimum Gasteiger partial charge on any atom is -0.0870 e. The molecule has 0 radical (unpaired) electrons. The van der Waals surface area contributed by atoms with Crippen LogP contribution in [0.2, 0.25) is 0 Å². The van der Waals surface area contributed by atoms with Gasteiger partial charge in [0, 0.05) is 0 Å². The normalized spacial score (nSPS) is 15.3. The van der Waals surface area contributed by atoms with Gasteiger partial charge in [0.25, 0.3) is 0 Å². The summed E-state index contributed by atoms with van der Waals surface area (Å²) in [6.07, 6.45) is 14.7. The first-order valence-corrected chi connectivity index (χ1v) is 6.38. The molecular weight excluding hydrogens is 204 g/mol. The molecule has 0 nitrogen and oxygen atoms in total. The van der Waals surface area contributed by atoms with Crippen molar-refractivity contribution in [2.24, 2.45) is 0 Å². The van der Waals surface area contributed by atoms with Crippen molar-refractivity contribution in [3.63, 3.8) is 0 Å². The molecular formula is C17H20. The van der Waals surface area contributed by atoms with E-state index in [4.69, 9.17) is 0 Å². The zero-order valence-electron chi connectivity index (χ0n) is 10.7. The SMILES string of the molecule is C/C=C\c1c(C)cccc1CC1=CCCC=C1. The maximum absolute atomic E-state index is 2.36. The highest BCUT2D eigenvalue weighted by molar-refractivity contribution is 5.58. The Morgan fingerprint density at radius 2 is 2.12 bits per heavy atom. The first-order valence-electron chi connectivity index (χ1n) is 6.38. The molecule has 1 aromatic carbocycles. The molecule has 0 bridgehead atoms. The topological polar surface area (TPSA) is 0 Å². The molecule has 1 aromatic rings. The molecule has 1 aliphatic rings. The molecule has 0 heteroatoms. The van der Waals surface area contributed by atoms with E-state index >= 15 is 0 Å². The van der Waals surface area contributed by atoms with E-state index in [1.165, 1.54) is 35.1 Å². The van der Waals surface area contributed by atoms with Gasteiger partial charge in [0.1, 0.15) is 0 Å². The van der Waals surface area contributed by atoms with E-state index in [1.54, 1.807) is 0 Å². The highest BCUT2D eigenvalue weighted by Gasteiger charge is 2.05. The van der Waals surface area contributed by atoms with Gasteiger partial charge in [-0.25, -0.2) is 0 Å². The Kier molecular flexibility index (Phi) is 3.98. The summed E-state index contributed by atoms with van der Waals surface area (Å²) in [4.78, 5) is 0. The number of hydrogen-bond acceptors (Lipinski definition) is 0. The van der Waals surface area contributed by atoms with Gasteiger partial charge in [-0.2, -0.15) is 0 Å². The van der Waals surface area contributed by atoms with Gasteiger partial charge in [-0.3, -0.25) is 0 Å². The Morgan fingerprint density at radius 1 is 1.24 bits per heavy atom. The lowest BCUT2D eigenvalue weighted by Gasteiger charge is -2.11. The van der Waals surface area contributed by atoms with Crippen LogP contribution in [0.5, 0.6) is 0 Å². The van der Waals surface area contributed by atoms with Crippen LogP contribution < -0.4 is 0 Å². The Bertz CT molecular complexity index is 473. The van der Waals surface area contributed by atoms with Crippen LogP contribution in [0.1, 0.15) is 36.5 Å². The molecule has 0 aliphatic heterocycles. The summed E-state index contributed by atoms with van der Waals surface area (Å²) >= 11 is 0. The van der Waals surface area contributed by atoms with Gasteiger partial charge in [0.15, 0.2) is 0 Å². The number of aryl methyl sites for hydroxylation is 1. The predicted octanol–water partition coefficient (Wildman–Crippen LogP) is 4.85. The van der Waals surface area contributed by atoms with Crippen LogP contribution in [0, 0.1) is 6.92 Å². The van der Waals surface area contributed by atoms with Gasteiger partial charge in [0.05, 0.1) is 0 Å². The Morgan fingerprint density at radius 3 is 2.82 bits per heavy atom. The quantitative estimate of drug-likeness (QED) is 0.688. The van der Waals surface area contributed by atoms with E-state index in [-0.39, 0.29) is 0 Å². The third kappa shape index (κ3) is 2.97. The van der Waals surface area contributed by atoms with Gasteiger partial charge in [-0.05, 0) is 55.4 Å². The van der Waals surface area contributed by atoms with Gasteiger partial charge < -0.3 is 0 Å². The van der Waals surface area contributed by atoms with Crippen LogP contribution in [0.3, 0.4) is 0 Å². The number of allylic oxidation sites excluding steroid dienone is 5. The van der Waals surface area contributed by atoms with E-state index < -0.39 is 0 Å². The molecule has 88 valence electrons. The van der Waals surface area contributed by atoms with Gasteiger partial charge in [0.2, 0.25) is 0 Å². The average Bonchev–Trinajstić information content (AvgIpc) is 2.35. The lowest BCUT2D eigenvalue weighted by atomic mass is 9.94. The van der Waals surface area contributed by atoms with Crippen molar-refractivity contribution in [3.8, 4) is 0 Å². The second-order valence-electron chi connectivity index (χ2n) is 4.58. The fourth-order valence-corrected chi connectivity index (χ4v) is 2.32. The summed E-state index contributed by atoms with van der Waals surface area (Å²) in [7, 11) is 0. The molecule has 0 fully saturated rings. The van der Waals surface area contributed by atoms with Crippen molar-refractivity contribution in [2.45, 2.75) is 33.1 Å². The lowest BCUT2D eigenvalue weighted by molar-refractivity contribution is 0.993. The third-order valence-electron chi connectivity index (χ3n) is 3.21. The van der Waals surface area contributed by atoms with Crippen molar-refractivity contribution >= 4 is 6.08 Å². The van der Waals surface area contributed by atoms with E-state index in [0.717, 1.165) is 6.42 Å². The summed E-state index contributed by atoms with van der Waals surface area (Å²) in [6.45, 7) is 4.26. The predicted molar refractivity (Wildman–Crippen MR) is 76.0 cm³/mol. The molecule has 0 unspecified atom stereocenters. The van der Waals surface area contributed by atoms with E-state index in [9.17, 15) is 0 Å². The molecule has 0 amide bonds. The van der Waals surface area contributed by atoms with Crippen molar-refractivity contribution in [3.05, 3.63) is 64.8 Å². The van der Waals surface area contributed by atoms with Crippen molar-refractivity contribution in [1.29, 1.82) is 0 Å². The second-order valence-corrected chi connectivity index (χ2v) is 4.58. The highest BCUT2D eigenvalue weighted by atomic mass is 14.1. The zero-order chi connectivity index (χ0) is 12.1. The van der Waals surface area contributed by atoms with Gasteiger partial charge in [-0.1, -0.05) is 48.6 Å². The summed E-state index contributed by atoms with van der Waals surface area (Å²) in [5.41, 5.74) is 5.63. The smallest absolute Gasteiger partial charge is 0.00230 e. The minimum absolute atomic E-state index is 1.05. The fraction of sp³-hybridized carbons (Fsp3) is 0.294.